The molecule has 2 aromatic carbocycles. The van der Waals surface area contributed by atoms with E-state index in [0.29, 0.717) is 38.8 Å². The predicted octanol–water partition coefficient (Wildman–Crippen LogP) is 5.87. The van der Waals surface area contributed by atoms with Gasteiger partial charge in [-0.2, -0.15) is 5.10 Å². The average molecular weight is 612 g/mol. The van der Waals surface area contributed by atoms with Gasteiger partial charge in [-0.1, -0.05) is 27.5 Å². The summed E-state index contributed by atoms with van der Waals surface area (Å²) in [6.07, 6.45) is 5.92. The van der Waals surface area contributed by atoms with Gasteiger partial charge in [-0.25, -0.2) is 5.43 Å². The number of halogens is 2. The molecule has 2 heterocycles. The van der Waals surface area contributed by atoms with Crippen molar-refractivity contribution < 1.29 is 24.2 Å². The van der Waals surface area contributed by atoms with E-state index in [9.17, 15) is 19.8 Å². The number of nitrogens with one attached hydrogen (secondary N) is 1. The number of aliphatic imine (C=N–C) groups is 1. The van der Waals surface area contributed by atoms with Crippen molar-refractivity contribution in [2.75, 3.05) is 6.54 Å². The van der Waals surface area contributed by atoms with Crippen molar-refractivity contribution in [2.24, 2.45) is 10.1 Å². The number of carbonyl (C=O) groups is 2. The number of hydrazone groups is 1. The van der Waals surface area contributed by atoms with Crippen LogP contribution in [0.1, 0.15) is 43.4 Å². The fraction of sp³-hybridized carbons (Fsp3) is 0.107. The first kappa shape index (κ1) is 29.3. The Labute approximate surface area is 238 Å². The number of aromatic nitrogens is 1. The molecule has 0 aliphatic carbocycles. The van der Waals surface area contributed by atoms with E-state index < -0.39 is 0 Å². The molecule has 1 amide bonds. The van der Waals surface area contributed by atoms with Crippen LogP contribution >= 0.6 is 27.5 Å². The van der Waals surface area contributed by atoms with Gasteiger partial charge in [0.25, 0.3) is 5.91 Å². The normalized spacial score (nSPS) is 10.9. The summed E-state index contributed by atoms with van der Waals surface area (Å²) < 4.78 is 6.09. The van der Waals surface area contributed by atoms with Gasteiger partial charge in [-0.05, 0) is 68.4 Å². The zero-order valence-electron chi connectivity index (χ0n) is 20.9. The largest absolute Gasteiger partial charge is 0.507 e. The lowest BCUT2D eigenvalue weighted by atomic mass is 10.2. The number of ketones is 1. The predicted molar refractivity (Wildman–Crippen MR) is 153 cm³/mol. The van der Waals surface area contributed by atoms with Crippen molar-refractivity contribution in [2.45, 2.75) is 13.8 Å². The second-order valence-electron chi connectivity index (χ2n) is 8.06. The standard InChI is InChI=1S/C14H13BrN2O3.C14H11ClN2O2/c1-8-5-12(9(2)20-8)14(19)17-16-7-10-6-11(15)3-4-13(10)18;15-12-1-2-13(18)11(7-12)8-17-9-14(19)10-3-5-16-6-4-10/h3-7,18H,1-2H3,(H,17,19);1-8,18H,9H2/b16-7+;. The molecule has 0 spiro atoms. The number of aromatic hydroxyl groups is 2. The van der Waals surface area contributed by atoms with Crippen LogP contribution in [0.2, 0.25) is 5.02 Å². The third-order valence-electron chi connectivity index (χ3n) is 5.10. The Hall–Kier alpha value is -4.28. The Kier molecular flexibility index (Phi) is 10.5. The second-order valence-corrected chi connectivity index (χ2v) is 9.41. The van der Waals surface area contributed by atoms with Gasteiger partial charge in [-0.15, -0.1) is 0 Å². The maximum absolute atomic E-state index is 11.9. The number of Topliss-reactive ketones (excluding diaryl/α,β-unsaturated/α-hetero) is 1. The molecule has 11 heteroatoms. The van der Waals surface area contributed by atoms with Gasteiger partial charge in [0.2, 0.25) is 0 Å². The van der Waals surface area contributed by atoms with Crippen molar-refractivity contribution >= 4 is 51.7 Å². The van der Waals surface area contributed by atoms with Gasteiger partial charge in [0.15, 0.2) is 5.78 Å². The Morgan fingerprint density at radius 2 is 1.67 bits per heavy atom. The Morgan fingerprint density at radius 1 is 1.00 bits per heavy atom. The molecule has 2 aromatic heterocycles. The molecule has 0 atom stereocenters. The number of phenols is 2. The topological polar surface area (TPSA) is 137 Å². The molecule has 0 fully saturated rings. The highest BCUT2D eigenvalue weighted by molar-refractivity contribution is 9.10. The number of phenolic OH excluding ortho intramolecular Hbond substituents is 2. The lowest BCUT2D eigenvalue weighted by molar-refractivity contribution is 0.0952. The molecule has 0 aliphatic rings. The third-order valence-corrected chi connectivity index (χ3v) is 5.83. The van der Waals surface area contributed by atoms with E-state index >= 15 is 0 Å². The Morgan fingerprint density at radius 3 is 2.33 bits per heavy atom. The minimum atomic E-state index is -0.356. The highest BCUT2D eigenvalue weighted by Crippen LogP contribution is 2.21. The number of rotatable bonds is 7. The van der Waals surface area contributed by atoms with Crippen LogP contribution in [0.15, 0.2) is 86.0 Å². The van der Waals surface area contributed by atoms with Crippen LogP contribution in [0.25, 0.3) is 0 Å². The summed E-state index contributed by atoms with van der Waals surface area (Å²) >= 11 is 9.10. The Balaban J connectivity index is 0.000000216. The first-order chi connectivity index (χ1) is 18.6. The number of benzene rings is 2. The van der Waals surface area contributed by atoms with Crippen LogP contribution in [-0.4, -0.2) is 45.9 Å². The maximum atomic E-state index is 11.9. The van der Waals surface area contributed by atoms with Crippen molar-refractivity contribution in [3.05, 3.63) is 110 Å². The number of pyridine rings is 1. The van der Waals surface area contributed by atoms with E-state index in [0.717, 1.165) is 4.47 Å². The summed E-state index contributed by atoms with van der Waals surface area (Å²) in [7, 11) is 0. The van der Waals surface area contributed by atoms with Crippen molar-refractivity contribution in [3.8, 4) is 11.5 Å². The molecule has 0 unspecified atom stereocenters. The SMILES string of the molecule is Cc1cc(C(=O)N/N=C/c2cc(Br)ccc2O)c(C)o1.O=C(CN=Cc1cc(Cl)ccc1O)c1ccncc1. The fourth-order valence-electron chi connectivity index (χ4n) is 3.19. The number of furan rings is 1. The maximum Gasteiger partial charge on any atom is 0.274 e. The highest BCUT2D eigenvalue weighted by Gasteiger charge is 2.12. The van der Waals surface area contributed by atoms with Crippen LogP contribution in [0.5, 0.6) is 11.5 Å². The smallest absolute Gasteiger partial charge is 0.274 e. The summed E-state index contributed by atoms with van der Waals surface area (Å²) in [4.78, 5) is 31.5. The lowest BCUT2D eigenvalue weighted by Gasteiger charge is -2.00. The Bertz CT molecular complexity index is 1520. The molecule has 9 nitrogen and oxygen atoms in total. The molecule has 3 N–H and O–H groups in total. The van der Waals surface area contributed by atoms with Crippen molar-refractivity contribution in [1.29, 1.82) is 0 Å². The van der Waals surface area contributed by atoms with Gasteiger partial charge in [-0.3, -0.25) is 19.6 Å². The second kappa shape index (κ2) is 14.0. The van der Waals surface area contributed by atoms with Crippen molar-refractivity contribution in [1.82, 2.24) is 10.4 Å². The molecule has 0 bridgehead atoms. The first-order valence-corrected chi connectivity index (χ1v) is 12.6. The van der Waals surface area contributed by atoms with E-state index in [-0.39, 0.29) is 29.7 Å². The third kappa shape index (κ3) is 8.91. The van der Waals surface area contributed by atoms with Gasteiger partial charge in [0.1, 0.15) is 29.6 Å². The molecule has 4 aromatic rings. The van der Waals surface area contributed by atoms with E-state index in [4.69, 9.17) is 16.0 Å². The van der Waals surface area contributed by atoms with E-state index in [2.05, 4.69) is 36.4 Å². The van der Waals surface area contributed by atoms with E-state index in [1.54, 1.807) is 68.7 Å². The molecule has 0 saturated heterocycles. The van der Waals surface area contributed by atoms with Gasteiger partial charge < -0.3 is 14.6 Å². The van der Waals surface area contributed by atoms with Crippen LogP contribution in [0.3, 0.4) is 0 Å². The highest BCUT2D eigenvalue weighted by atomic mass is 79.9. The number of amides is 1. The summed E-state index contributed by atoms with van der Waals surface area (Å²) in [6.45, 7) is 3.49. The van der Waals surface area contributed by atoms with Gasteiger partial charge >= 0.3 is 0 Å². The van der Waals surface area contributed by atoms with Gasteiger partial charge in [0, 0.05) is 44.8 Å². The summed E-state index contributed by atoms with van der Waals surface area (Å²) in [5.74, 6) is 0.901. The molecule has 0 radical (unpaired) electrons. The monoisotopic (exact) mass is 610 g/mol. The number of hydrogen-bond donors (Lipinski definition) is 3. The first-order valence-electron chi connectivity index (χ1n) is 11.4. The summed E-state index contributed by atoms with van der Waals surface area (Å²) in [5, 5.41) is 23.5. The number of hydrogen-bond acceptors (Lipinski definition) is 8. The molecular weight excluding hydrogens is 588 g/mol. The molecule has 0 aliphatic heterocycles. The number of nitrogens with zero attached hydrogens (tertiary/aromatic N) is 3. The molecule has 39 heavy (non-hydrogen) atoms. The van der Waals surface area contributed by atoms with E-state index in [1.165, 1.54) is 24.6 Å². The van der Waals surface area contributed by atoms with Crippen LogP contribution in [0.4, 0.5) is 0 Å². The molecule has 4 rings (SSSR count). The van der Waals surface area contributed by atoms with Crippen molar-refractivity contribution in [3.63, 3.8) is 0 Å². The zero-order valence-corrected chi connectivity index (χ0v) is 23.3. The number of carbonyl (C=O) groups excluding carboxylic acids is 2. The summed E-state index contributed by atoms with van der Waals surface area (Å²) in [6, 6.07) is 14.5. The molecule has 200 valence electrons. The minimum Gasteiger partial charge on any atom is -0.507 e. The van der Waals surface area contributed by atoms with Crippen LogP contribution in [0, 0.1) is 13.8 Å². The quantitative estimate of drug-likeness (QED) is 0.136. The minimum absolute atomic E-state index is 0.00989. The molecular formula is C28H24BrClN4O5. The fourth-order valence-corrected chi connectivity index (χ4v) is 3.75. The van der Waals surface area contributed by atoms with Crippen LogP contribution in [-0.2, 0) is 0 Å². The summed E-state index contributed by atoms with van der Waals surface area (Å²) in [5.41, 5.74) is 4.37. The molecule has 0 saturated carbocycles. The number of aryl methyl sites for hydroxylation is 2. The lowest BCUT2D eigenvalue weighted by Crippen LogP contribution is -2.17. The average Bonchev–Trinajstić information content (AvgIpc) is 3.26. The van der Waals surface area contributed by atoms with Crippen LogP contribution < -0.4 is 5.43 Å². The zero-order chi connectivity index (χ0) is 28.4. The van der Waals surface area contributed by atoms with Gasteiger partial charge in [0.05, 0.1) is 11.8 Å². The van der Waals surface area contributed by atoms with E-state index in [1.807, 2.05) is 0 Å².